The van der Waals surface area contributed by atoms with Crippen molar-refractivity contribution in [2.45, 2.75) is 160 Å². The number of rotatable bonds is 30. The Labute approximate surface area is 383 Å². The molecule has 0 spiro atoms. The zero-order valence-electron chi connectivity index (χ0n) is 38.3. The molecule has 0 aliphatic carbocycles. The second kappa shape index (κ2) is 26.3. The molecule has 16 heteroatoms. The Hall–Kier alpha value is -4.87. The van der Waals surface area contributed by atoms with Crippen LogP contribution >= 0.6 is 7.75 Å². The normalized spacial score (nSPS) is 18.6. The topological polar surface area (TPSA) is 179 Å². The van der Waals surface area contributed by atoms with Gasteiger partial charge < -0.3 is 24.5 Å². The van der Waals surface area contributed by atoms with Crippen LogP contribution in [0, 0.1) is 24.3 Å². The summed E-state index contributed by atoms with van der Waals surface area (Å²) in [4.78, 5) is 39.1. The maximum absolute atomic E-state index is 15.1. The molecule has 1 fully saturated rings. The number of anilines is 1. The number of nitrogens with zero attached hydrogens (tertiary/aromatic N) is 4. The summed E-state index contributed by atoms with van der Waals surface area (Å²) in [5.41, 5.74) is 5.02. The molecule has 0 radical (unpaired) electrons. The van der Waals surface area contributed by atoms with Gasteiger partial charge in [0, 0.05) is 12.8 Å². The highest BCUT2D eigenvalue weighted by Crippen LogP contribution is 2.49. The molecule has 1 aliphatic heterocycles. The average molecular weight is 919 g/mol. The van der Waals surface area contributed by atoms with Gasteiger partial charge in [0.05, 0.1) is 12.9 Å². The first kappa shape index (κ1) is 51.1. The number of hydrogen-bond acceptors (Lipinski definition) is 12. The van der Waals surface area contributed by atoms with Crippen LogP contribution in [0.4, 0.5) is 10.2 Å². The number of esters is 2. The monoisotopic (exact) mass is 918 g/mol. The summed E-state index contributed by atoms with van der Waals surface area (Å²) in [5, 5.41) is 2.87. The van der Waals surface area contributed by atoms with Gasteiger partial charge in [0.15, 0.2) is 22.6 Å². The summed E-state index contributed by atoms with van der Waals surface area (Å²) < 4.78 is 61.7. The Kier molecular flexibility index (Phi) is 20.7. The Bertz CT molecular complexity index is 2150. The third-order valence-corrected chi connectivity index (χ3v) is 13.5. The number of aromatic nitrogens is 4. The molecule has 3 heterocycles. The number of terminal acetylenes is 1. The number of carbonyl (C=O) groups is 2. The molecule has 354 valence electrons. The molecule has 1 aliphatic rings. The lowest BCUT2D eigenvalue weighted by atomic mass is 9.98. The van der Waals surface area contributed by atoms with Gasteiger partial charge in [-0.2, -0.15) is 19.4 Å². The third-order valence-electron chi connectivity index (χ3n) is 11.9. The Morgan fingerprint density at radius 2 is 1.55 bits per heavy atom. The van der Waals surface area contributed by atoms with E-state index in [9.17, 15) is 14.0 Å². The van der Waals surface area contributed by atoms with Crippen molar-refractivity contribution in [2.75, 3.05) is 18.9 Å². The molecule has 2 aromatic heterocycles. The summed E-state index contributed by atoms with van der Waals surface area (Å²) in [6.45, 7) is 5.82. The minimum Gasteiger partial charge on any atom is -0.464 e. The number of nitrogen functional groups attached to an aromatic ring is 1. The van der Waals surface area contributed by atoms with E-state index in [1.165, 1.54) is 68.7 Å². The van der Waals surface area contributed by atoms with Gasteiger partial charge in [-0.15, -0.1) is 6.42 Å². The molecule has 0 unspecified atom stereocenters. The maximum Gasteiger partial charge on any atom is 0.459 e. The van der Waals surface area contributed by atoms with E-state index in [1.54, 1.807) is 30.3 Å². The first-order valence-electron chi connectivity index (χ1n) is 23.5. The molecular formula is C49H68FN6O8P. The number of nitrogens with one attached hydrogen (secondary N) is 1. The van der Waals surface area contributed by atoms with Crippen molar-refractivity contribution in [2.24, 2.45) is 5.92 Å². The van der Waals surface area contributed by atoms with Gasteiger partial charge >= 0.3 is 25.8 Å². The van der Waals surface area contributed by atoms with Gasteiger partial charge in [0.2, 0.25) is 0 Å². The highest BCUT2D eigenvalue weighted by molar-refractivity contribution is 7.52. The fraction of sp³-hybridized carbons (Fsp3) is 0.571. The summed E-state index contributed by atoms with van der Waals surface area (Å²) in [7, 11) is -4.57. The van der Waals surface area contributed by atoms with Crippen molar-refractivity contribution in [1.29, 1.82) is 0 Å². The Balaban J connectivity index is 1.33. The van der Waals surface area contributed by atoms with Crippen molar-refractivity contribution in [3.63, 3.8) is 0 Å². The van der Waals surface area contributed by atoms with Gasteiger partial charge in [-0.05, 0) is 36.5 Å². The zero-order valence-corrected chi connectivity index (χ0v) is 39.2. The Morgan fingerprint density at radius 3 is 2.17 bits per heavy atom. The molecule has 5 atom stereocenters. The second-order valence-corrected chi connectivity index (χ2v) is 18.6. The van der Waals surface area contributed by atoms with Crippen LogP contribution in [0.5, 0.6) is 5.75 Å². The highest BCUT2D eigenvalue weighted by Gasteiger charge is 2.53. The van der Waals surface area contributed by atoms with Crippen LogP contribution in [0.3, 0.4) is 0 Å². The fourth-order valence-electron chi connectivity index (χ4n) is 7.91. The van der Waals surface area contributed by atoms with Crippen LogP contribution in [0.15, 0.2) is 67.0 Å². The first-order valence-corrected chi connectivity index (χ1v) is 25.0. The molecule has 0 bridgehead atoms. The minimum absolute atomic E-state index is 0.0289. The van der Waals surface area contributed by atoms with E-state index in [4.69, 9.17) is 35.4 Å². The van der Waals surface area contributed by atoms with Crippen molar-refractivity contribution in [3.8, 4) is 18.1 Å². The number of imidazole rings is 1. The van der Waals surface area contributed by atoms with E-state index in [0.29, 0.717) is 6.42 Å². The number of halogens is 1. The standard InChI is InChI=1S/C49H68FN6O8P/c1-5-9-10-11-12-13-14-15-16-17-18-19-26-31-43(57)62-41-33-42(56-36-52-44-45(51)53-48(50)54-46(44)56)63-49(41,8-4)35-61-65(59,64-39-29-24-21-25-30-39)55-40(32-38-27-22-20-23-28-38)47(58)60-34-37(6-2)7-3/h4,20-25,27-30,36-37,40-42H,5-7,9-19,26,31-35H2,1-3H3,(H,55,59)(H2,51,53,54)/t40-,41-,42+,49+,65-/m0/s1. The van der Waals surface area contributed by atoms with Crippen molar-refractivity contribution in [1.82, 2.24) is 24.6 Å². The number of fused-ring (bicyclic) bond motifs is 1. The van der Waals surface area contributed by atoms with Crippen LogP contribution in [0.1, 0.15) is 142 Å². The lowest BCUT2D eigenvalue weighted by Crippen LogP contribution is -2.46. The van der Waals surface area contributed by atoms with E-state index in [2.05, 4.69) is 32.9 Å². The third kappa shape index (κ3) is 15.6. The number of carbonyl (C=O) groups excluding carboxylic acids is 2. The fourth-order valence-corrected chi connectivity index (χ4v) is 9.43. The molecule has 0 amide bonds. The SMILES string of the molecule is C#C[C@]1(CO[P@@](=O)(N[C@@H](Cc2ccccc2)C(=O)OCC(CC)CC)Oc2ccccc2)O[C@@H](n2cnc3c(N)nc(F)nc32)C[C@@H]1OC(=O)CCCCCCCCCCCCCCC. The molecule has 65 heavy (non-hydrogen) atoms. The van der Waals surface area contributed by atoms with E-state index in [1.807, 2.05) is 44.2 Å². The number of hydrogen-bond donors (Lipinski definition) is 2. The molecule has 0 saturated carbocycles. The molecule has 2 aromatic carbocycles. The van der Waals surface area contributed by atoms with Crippen LogP contribution in [-0.4, -0.2) is 62.4 Å². The Morgan fingerprint density at radius 1 is 0.938 bits per heavy atom. The quantitative estimate of drug-likeness (QED) is 0.0166. The molecule has 14 nitrogen and oxygen atoms in total. The number of unbranched alkanes of at least 4 members (excludes halogenated alkanes) is 12. The molecule has 3 N–H and O–H groups in total. The first-order chi connectivity index (χ1) is 31.5. The zero-order chi connectivity index (χ0) is 46.5. The summed E-state index contributed by atoms with van der Waals surface area (Å²) in [6.07, 6.45) is 21.3. The highest BCUT2D eigenvalue weighted by atomic mass is 31.2. The van der Waals surface area contributed by atoms with Gasteiger partial charge in [-0.25, -0.2) is 9.55 Å². The van der Waals surface area contributed by atoms with E-state index >= 15 is 4.57 Å². The number of para-hydroxylation sites is 1. The summed E-state index contributed by atoms with van der Waals surface area (Å²) in [6, 6.07) is 16.3. The summed E-state index contributed by atoms with van der Waals surface area (Å²) in [5.74, 6) is 1.62. The lowest BCUT2D eigenvalue weighted by Gasteiger charge is -2.31. The number of nitrogens with two attached hydrogens (primary N) is 1. The molecule has 1 saturated heterocycles. The van der Waals surface area contributed by atoms with E-state index in [-0.39, 0.29) is 54.5 Å². The average Bonchev–Trinajstić information content (AvgIpc) is 3.89. The number of benzene rings is 2. The van der Waals surface area contributed by atoms with Crippen molar-refractivity contribution >= 4 is 36.7 Å². The van der Waals surface area contributed by atoms with Gasteiger partial charge in [-0.3, -0.25) is 18.7 Å². The maximum atomic E-state index is 15.1. The molecule has 5 rings (SSSR count). The van der Waals surface area contributed by atoms with Crippen molar-refractivity contribution in [3.05, 3.63) is 78.6 Å². The summed E-state index contributed by atoms with van der Waals surface area (Å²) >= 11 is 0. The minimum atomic E-state index is -4.57. The van der Waals surface area contributed by atoms with Crippen LogP contribution < -0.4 is 15.3 Å². The van der Waals surface area contributed by atoms with Crippen molar-refractivity contribution < 1.29 is 41.8 Å². The smallest absolute Gasteiger partial charge is 0.459 e. The van der Waals surface area contributed by atoms with Gasteiger partial charge in [0.25, 0.3) is 0 Å². The number of ether oxygens (including phenoxy) is 3. The van der Waals surface area contributed by atoms with Gasteiger partial charge in [0.1, 0.15) is 30.7 Å². The van der Waals surface area contributed by atoms with E-state index in [0.717, 1.165) is 37.7 Å². The van der Waals surface area contributed by atoms with Gasteiger partial charge in [-0.1, -0.05) is 165 Å². The largest absolute Gasteiger partial charge is 0.464 e. The second-order valence-electron chi connectivity index (χ2n) is 16.9. The lowest BCUT2D eigenvalue weighted by molar-refractivity contribution is -0.158. The van der Waals surface area contributed by atoms with E-state index < -0.39 is 56.3 Å². The van der Waals surface area contributed by atoms with Crippen LogP contribution in [-0.2, 0) is 39.3 Å². The van der Waals surface area contributed by atoms with Crippen LogP contribution in [0.25, 0.3) is 11.2 Å². The molecular weight excluding hydrogens is 851 g/mol. The molecule has 4 aromatic rings. The predicted octanol–water partition coefficient (Wildman–Crippen LogP) is 10.6. The van der Waals surface area contributed by atoms with Crippen LogP contribution in [0.2, 0.25) is 0 Å². The predicted molar refractivity (Wildman–Crippen MR) is 249 cm³/mol.